The van der Waals surface area contributed by atoms with Gasteiger partial charge in [0, 0.05) is 17.1 Å². The first-order valence-electron chi connectivity index (χ1n) is 9.24. The van der Waals surface area contributed by atoms with Crippen LogP contribution in [0.25, 0.3) is 0 Å². The second-order valence-corrected chi connectivity index (χ2v) is 8.62. The van der Waals surface area contributed by atoms with Crippen LogP contribution in [0.3, 0.4) is 0 Å². The molecule has 8 heteroatoms. The number of halogens is 1. The van der Waals surface area contributed by atoms with Crippen molar-refractivity contribution in [2.24, 2.45) is 0 Å². The van der Waals surface area contributed by atoms with Crippen molar-refractivity contribution in [2.75, 3.05) is 11.3 Å². The Labute approximate surface area is 180 Å². The van der Waals surface area contributed by atoms with Gasteiger partial charge in [0.2, 0.25) is 0 Å². The second-order valence-electron chi connectivity index (χ2n) is 6.50. The summed E-state index contributed by atoms with van der Waals surface area (Å²) in [6.07, 6.45) is 0. The van der Waals surface area contributed by atoms with Crippen LogP contribution >= 0.6 is 11.6 Å². The number of amides is 1. The second kappa shape index (κ2) is 9.19. The molecule has 6 nitrogen and oxygen atoms in total. The van der Waals surface area contributed by atoms with E-state index in [4.69, 9.17) is 16.3 Å². The summed E-state index contributed by atoms with van der Waals surface area (Å²) in [7, 11) is -4.00. The third kappa shape index (κ3) is 5.11. The fourth-order valence-corrected chi connectivity index (χ4v) is 4.02. The largest absolute Gasteiger partial charge is 0.455 e. The van der Waals surface area contributed by atoms with Gasteiger partial charge in [0.15, 0.2) is 5.75 Å². The van der Waals surface area contributed by atoms with E-state index < -0.39 is 10.0 Å². The summed E-state index contributed by atoms with van der Waals surface area (Å²) in [5.41, 5.74) is 1.16. The molecule has 3 rings (SSSR count). The molecular formula is C22H21ClN2O4S. The first kappa shape index (κ1) is 21.7. The van der Waals surface area contributed by atoms with E-state index in [0.717, 1.165) is 0 Å². The first-order valence-corrected chi connectivity index (χ1v) is 11.1. The maximum atomic E-state index is 13.0. The molecule has 3 aromatic rings. The molecule has 30 heavy (non-hydrogen) atoms. The van der Waals surface area contributed by atoms with E-state index in [0.29, 0.717) is 34.2 Å². The van der Waals surface area contributed by atoms with Crippen molar-refractivity contribution < 1.29 is 17.9 Å². The maximum absolute atomic E-state index is 13.0. The minimum atomic E-state index is -4.00. The van der Waals surface area contributed by atoms with Crippen LogP contribution in [0.4, 0.5) is 5.69 Å². The molecule has 156 valence electrons. The molecule has 3 aromatic carbocycles. The number of hydrogen-bond acceptors (Lipinski definition) is 4. The zero-order valence-corrected chi connectivity index (χ0v) is 18.0. The molecule has 0 aliphatic rings. The fourth-order valence-electron chi connectivity index (χ4n) is 2.76. The number of sulfonamides is 1. The molecule has 0 aliphatic heterocycles. The minimum Gasteiger partial charge on any atom is -0.455 e. The topological polar surface area (TPSA) is 84.5 Å². The van der Waals surface area contributed by atoms with Crippen LogP contribution in [0, 0.1) is 6.92 Å². The predicted molar refractivity (Wildman–Crippen MR) is 118 cm³/mol. The van der Waals surface area contributed by atoms with Crippen LogP contribution in [0.15, 0.2) is 71.6 Å². The Morgan fingerprint density at radius 2 is 1.77 bits per heavy atom. The van der Waals surface area contributed by atoms with Gasteiger partial charge in [0.05, 0.1) is 10.6 Å². The van der Waals surface area contributed by atoms with Crippen molar-refractivity contribution >= 4 is 33.2 Å². The van der Waals surface area contributed by atoms with Gasteiger partial charge in [-0.3, -0.25) is 9.52 Å². The molecule has 0 unspecified atom stereocenters. The van der Waals surface area contributed by atoms with E-state index in [2.05, 4.69) is 10.0 Å². The highest BCUT2D eigenvalue weighted by Gasteiger charge is 2.20. The third-order valence-corrected chi connectivity index (χ3v) is 5.86. The smallest absolute Gasteiger partial charge is 0.262 e. The lowest BCUT2D eigenvalue weighted by atomic mass is 10.1. The van der Waals surface area contributed by atoms with Crippen LogP contribution in [0.5, 0.6) is 11.5 Å². The Morgan fingerprint density at radius 3 is 2.47 bits per heavy atom. The molecule has 0 aromatic heterocycles. The summed E-state index contributed by atoms with van der Waals surface area (Å²) in [5.74, 6) is 0.516. The van der Waals surface area contributed by atoms with Crippen molar-refractivity contribution in [3.8, 4) is 11.5 Å². The molecule has 0 fully saturated rings. The average molecular weight is 445 g/mol. The Bertz CT molecular complexity index is 1170. The Balaban J connectivity index is 1.95. The van der Waals surface area contributed by atoms with Gasteiger partial charge < -0.3 is 10.1 Å². The number of carbonyl (C=O) groups is 1. The van der Waals surface area contributed by atoms with E-state index in [1.807, 2.05) is 18.2 Å². The predicted octanol–water partition coefficient (Wildman–Crippen LogP) is 4.99. The molecular weight excluding hydrogens is 424 g/mol. The van der Waals surface area contributed by atoms with E-state index in [1.54, 1.807) is 44.2 Å². The van der Waals surface area contributed by atoms with Crippen molar-refractivity contribution in [2.45, 2.75) is 18.7 Å². The number of para-hydroxylation sites is 1. The number of nitrogens with one attached hydrogen (secondary N) is 2. The molecule has 0 atom stereocenters. The van der Waals surface area contributed by atoms with Crippen LogP contribution in [0.2, 0.25) is 5.02 Å². The van der Waals surface area contributed by atoms with Crippen molar-refractivity contribution in [3.63, 3.8) is 0 Å². The summed E-state index contributed by atoms with van der Waals surface area (Å²) in [5, 5.41) is 3.03. The highest BCUT2D eigenvalue weighted by atomic mass is 35.5. The summed E-state index contributed by atoms with van der Waals surface area (Å²) in [4.78, 5) is 12.2. The Morgan fingerprint density at radius 1 is 1.03 bits per heavy atom. The average Bonchev–Trinajstić information content (AvgIpc) is 2.71. The highest BCUT2D eigenvalue weighted by molar-refractivity contribution is 7.92. The van der Waals surface area contributed by atoms with Gasteiger partial charge in [0.1, 0.15) is 5.75 Å². The standard InChI is InChI=1S/C22H21ClN2O4S/c1-3-24-22(26)19-14-18(11-9-15(19)2)30(27,28)25-20-13-16(23)10-12-21(20)29-17-7-5-4-6-8-17/h4-14,25H,3H2,1-2H3,(H,24,26). The van der Waals surface area contributed by atoms with Gasteiger partial charge >= 0.3 is 0 Å². The monoisotopic (exact) mass is 444 g/mol. The lowest BCUT2D eigenvalue weighted by molar-refractivity contribution is 0.0955. The normalized spacial score (nSPS) is 11.0. The first-order chi connectivity index (χ1) is 14.3. The van der Waals surface area contributed by atoms with E-state index in [1.165, 1.54) is 18.2 Å². The van der Waals surface area contributed by atoms with Gasteiger partial charge in [0.25, 0.3) is 15.9 Å². The van der Waals surface area contributed by atoms with Gasteiger partial charge in [-0.1, -0.05) is 35.9 Å². The summed E-state index contributed by atoms with van der Waals surface area (Å²) >= 11 is 6.07. The van der Waals surface area contributed by atoms with Crippen LogP contribution in [0.1, 0.15) is 22.8 Å². The van der Waals surface area contributed by atoms with Gasteiger partial charge in [-0.15, -0.1) is 0 Å². The van der Waals surface area contributed by atoms with Gasteiger partial charge in [-0.05, 0) is 61.9 Å². The van der Waals surface area contributed by atoms with Crippen molar-refractivity contribution in [1.29, 1.82) is 0 Å². The molecule has 2 N–H and O–H groups in total. The number of carbonyl (C=O) groups excluding carboxylic acids is 1. The van der Waals surface area contributed by atoms with Crippen LogP contribution in [-0.2, 0) is 10.0 Å². The zero-order valence-electron chi connectivity index (χ0n) is 16.5. The molecule has 0 bridgehead atoms. The van der Waals surface area contributed by atoms with E-state index >= 15 is 0 Å². The van der Waals surface area contributed by atoms with Crippen LogP contribution < -0.4 is 14.8 Å². The minimum absolute atomic E-state index is 0.0417. The molecule has 0 spiro atoms. The number of hydrogen-bond donors (Lipinski definition) is 2. The lowest BCUT2D eigenvalue weighted by Gasteiger charge is -2.15. The van der Waals surface area contributed by atoms with Crippen LogP contribution in [-0.4, -0.2) is 20.9 Å². The van der Waals surface area contributed by atoms with E-state index in [9.17, 15) is 13.2 Å². The molecule has 0 radical (unpaired) electrons. The SMILES string of the molecule is CCNC(=O)c1cc(S(=O)(=O)Nc2cc(Cl)ccc2Oc2ccccc2)ccc1C. The zero-order chi connectivity index (χ0) is 21.7. The van der Waals surface area contributed by atoms with Crippen molar-refractivity contribution in [3.05, 3.63) is 82.9 Å². The highest BCUT2D eigenvalue weighted by Crippen LogP contribution is 2.33. The van der Waals surface area contributed by atoms with Gasteiger partial charge in [-0.2, -0.15) is 0 Å². The molecule has 1 amide bonds. The maximum Gasteiger partial charge on any atom is 0.262 e. The molecule has 0 saturated carbocycles. The number of ether oxygens (including phenoxy) is 1. The van der Waals surface area contributed by atoms with E-state index in [-0.39, 0.29) is 16.5 Å². The molecule has 0 heterocycles. The Hall–Kier alpha value is -3.03. The Kier molecular flexibility index (Phi) is 6.64. The fraction of sp³-hybridized carbons (Fsp3) is 0.136. The summed E-state index contributed by atoms with van der Waals surface area (Å²) < 4.78 is 34.4. The number of benzene rings is 3. The van der Waals surface area contributed by atoms with Gasteiger partial charge in [-0.25, -0.2) is 8.42 Å². The quantitative estimate of drug-likeness (QED) is 0.537. The summed E-state index contributed by atoms with van der Waals surface area (Å²) in [6, 6.07) is 18.0. The molecule has 0 saturated heterocycles. The number of rotatable bonds is 7. The molecule has 0 aliphatic carbocycles. The number of aryl methyl sites for hydroxylation is 1. The van der Waals surface area contributed by atoms with Crippen molar-refractivity contribution in [1.82, 2.24) is 5.32 Å². The lowest BCUT2D eigenvalue weighted by Crippen LogP contribution is -2.24. The third-order valence-electron chi connectivity index (χ3n) is 4.26. The number of anilines is 1. The summed E-state index contributed by atoms with van der Waals surface area (Å²) in [6.45, 7) is 3.98.